The summed E-state index contributed by atoms with van der Waals surface area (Å²) in [6.45, 7) is 5.61. The SMILES string of the molecule is COC[C@H](NC(=O)c1ccoc1)C(=O)N[C@@H](COC)C(=O)N[C@@H](CC(C)C)C(=O)[C@@]1(C)CO1. The highest BCUT2D eigenvalue weighted by atomic mass is 16.6. The molecule has 2 heterocycles. The third-order valence-corrected chi connectivity index (χ3v) is 5.14. The van der Waals surface area contributed by atoms with Crippen LogP contribution in [0.5, 0.6) is 0 Å². The Balaban J connectivity index is 2.07. The Morgan fingerprint density at radius 1 is 1.00 bits per heavy atom. The highest BCUT2D eigenvalue weighted by Crippen LogP contribution is 2.29. The summed E-state index contributed by atoms with van der Waals surface area (Å²) in [6, 6.07) is -1.48. The fourth-order valence-electron chi connectivity index (χ4n) is 3.20. The largest absolute Gasteiger partial charge is 0.472 e. The number of epoxide rings is 1. The van der Waals surface area contributed by atoms with Gasteiger partial charge in [-0.15, -0.1) is 0 Å². The molecule has 3 amide bonds. The Morgan fingerprint density at radius 2 is 1.55 bits per heavy atom. The number of methoxy groups -OCH3 is 2. The second-order valence-electron chi connectivity index (χ2n) is 8.58. The van der Waals surface area contributed by atoms with E-state index in [1.54, 1.807) is 6.92 Å². The van der Waals surface area contributed by atoms with E-state index < -0.39 is 41.4 Å². The fraction of sp³-hybridized carbons (Fsp3) is 0.636. The Hall–Kier alpha value is -2.76. The molecule has 184 valence electrons. The van der Waals surface area contributed by atoms with E-state index in [-0.39, 0.29) is 30.5 Å². The van der Waals surface area contributed by atoms with Gasteiger partial charge in [0.25, 0.3) is 5.91 Å². The van der Waals surface area contributed by atoms with Crippen LogP contribution in [0.4, 0.5) is 0 Å². The number of ether oxygens (including phenoxy) is 3. The average Bonchev–Trinajstić information content (AvgIpc) is 3.27. The standard InChI is InChI=1S/C22H33N3O8/c1-13(2)8-15(18(26)22(3)12-33-22)23-20(28)17(11-31-5)25-21(29)16(10-30-4)24-19(27)14-6-7-32-9-14/h6-7,9,13,15-17H,8,10-12H2,1-5H3,(H,23,28)(H,24,27)(H,25,29)/t15-,16-,17-,22+/m0/s1. The van der Waals surface area contributed by atoms with E-state index >= 15 is 0 Å². The number of carbonyl (C=O) groups excluding carboxylic acids is 4. The van der Waals surface area contributed by atoms with Gasteiger partial charge in [-0.05, 0) is 25.3 Å². The minimum atomic E-state index is -1.09. The predicted molar refractivity (Wildman–Crippen MR) is 116 cm³/mol. The third kappa shape index (κ3) is 7.65. The molecular weight excluding hydrogens is 434 g/mol. The molecule has 11 nitrogen and oxygen atoms in total. The van der Waals surface area contributed by atoms with E-state index in [1.807, 2.05) is 13.8 Å². The lowest BCUT2D eigenvalue weighted by molar-refractivity contribution is -0.134. The first-order valence-electron chi connectivity index (χ1n) is 10.7. The van der Waals surface area contributed by atoms with Crippen LogP contribution in [-0.2, 0) is 28.6 Å². The number of amides is 3. The number of hydrogen-bond donors (Lipinski definition) is 3. The van der Waals surface area contributed by atoms with E-state index in [4.69, 9.17) is 18.6 Å². The number of furan rings is 1. The van der Waals surface area contributed by atoms with Gasteiger partial charge in [0.05, 0.1) is 37.7 Å². The summed E-state index contributed by atoms with van der Waals surface area (Å²) < 4.78 is 20.3. The van der Waals surface area contributed by atoms with Crippen molar-refractivity contribution in [1.29, 1.82) is 0 Å². The summed E-state index contributed by atoms with van der Waals surface area (Å²) in [7, 11) is 2.77. The molecule has 11 heteroatoms. The molecule has 1 aromatic heterocycles. The summed E-state index contributed by atoms with van der Waals surface area (Å²) in [5.74, 6) is -1.83. The number of ketones is 1. The summed E-state index contributed by atoms with van der Waals surface area (Å²) in [4.78, 5) is 50.9. The topological polar surface area (TPSA) is 148 Å². The van der Waals surface area contributed by atoms with Gasteiger partial charge in [0.2, 0.25) is 11.8 Å². The summed E-state index contributed by atoms with van der Waals surface area (Å²) in [6.07, 6.45) is 3.00. The minimum Gasteiger partial charge on any atom is -0.472 e. The Labute approximate surface area is 192 Å². The van der Waals surface area contributed by atoms with Gasteiger partial charge < -0.3 is 34.6 Å². The van der Waals surface area contributed by atoms with Crippen LogP contribution in [0, 0.1) is 5.92 Å². The van der Waals surface area contributed by atoms with Crippen LogP contribution >= 0.6 is 0 Å². The molecule has 1 aromatic rings. The molecule has 0 radical (unpaired) electrons. The van der Waals surface area contributed by atoms with Crippen LogP contribution < -0.4 is 16.0 Å². The monoisotopic (exact) mass is 467 g/mol. The van der Waals surface area contributed by atoms with E-state index in [9.17, 15) is 19.2 Å². The molecule has 0 saturated carbocycles. The predicted octanol–water partition coefficient (Wildman–Crippen LogP) is 0.0445. The number of Topliss-reactive ketones (excluding diaryl/α,β-unsaturated/α-hetero) is 1. The van der Waals surface area contributed by atoms with Crippen molar-refractivity contribution in [3.63, 3.8) is 0 Å². The van der Waals surface area contributed by atoms with Gasteiger partial charge in [-0.1, -0.05) is 13.8 Å². The van der Waals surface area contributed by atoms with Crippen LogP contribution in [-0.4, -0.2) is 81.3 Å². The van der Waals surface area contributed by atoms with Crippen LogP contribution in [0.2, 0.25) is 0 Å². The maximum Gasteiger partial charge on any atom is 0.255 e. The Bertz CT molecular complexity index is 820. The highest BCUT2D eigenvalue weighted by Gasteiger charge is 2.50. The smallest absolute Gasteiger partial charge is 0.255 e. The lowest BCUT2D eigenvalue weighted by Gasteiger charge is -2.26. The number of rotatable bonds is 14. The molecule has 0 aliphatic carbocycles. The van der Waals surface area contributed by atoms with Gasteiger partial charge in [-0.2, -0.15) is 0 Å². The normalized spacial score (nSPS) is 19.9. The zero-order chi connectivity index (χ0) is 24.6. The molecular formula is C22H33N3O8. The zero-order valence-electron chi connectivity index (χ0n) is 19.6. The molecule has 33 heavy (non-hydrogen) atoms. The van der Waals surface area contributed by atoms with Crippen molar-refractivity contribution < 1.29 is 37.8 Å². The van der Waals surface area contributed by atoms with E-state index in [0.717, 1.165) is 0 Å². The fourth-order valence-corrected chi connectivity index (χ4v) is 3.20. The lowest BCUT2D eigenvalue weighted by Crippen LogP contribution is -2.58. The van der Waals surface area contributed by atoms with Gasteiger partial charge in [-0.3, -0.25) is 19.2 Å². The number of carbonyl (C=O) groups is 4. The molecule has 1 aliphatic heterocycles. The summed E-state index contributed by atoms with van der Waals surface area (Å²) in [5.41, 5.74) is -0.658. The summed E-state index contributed by atoms with van der Waals surface area (Å²) in [5, 5.41) is 7.83. The minimum absolute atomic E-state index is 0.124. The molecule has 4 atom stereocenters. The molecule has 0 unspecified atom stereocenters. The van der Waals surface area contributed by atoms with Crippen molar-refractivity contribution in [2.24, 2.45) is 5.92 Å². The maximum absolute atomic E-state index is 13.0. The first kappa shape index (κ1) is 26.5. The molecule has 2 rings (SSSR count). The number of hydrogen-bond acceptors (Lipinski definition) is 8. The van der Waals surface area contributed by atoms with E-state index in [2.05, 4.69) is 16.0 Å². The van der Waals surface area contributed by atoms with Crippen molar-refractivity contribution in [3.8, 4) is 0 Å². The van der Waals surface area contributed by atoms with Gasteiger partial charge in [-0.25, -0.2) is 0 Å². The molecule has 1 aliphatic rings. The lowest BCUT2D eigenvalue weighted by atomic mass is 9.93. The first-order chi connectivity index (χ1) is 15.6. The van der Waals surface area contributed by atoms with Gasteiger partial charge >= 0.3 is 0 Å². The molecule has 3 N–H and O–H groups in total. The van der Waals surface area contributed by atoms with Crippen molar-refractivity contribution in [1.82, 2.24) is 16.0 Å². The molecule has 0 spiro atoms. The van der Waals surface area contributed by atoms with Gasteiger partial charge in [0, 0.05) is 14.2 Å². The van der Waals surface area contributed by atoms with Crippen molar-refractivity contribution in [3.05, 3.63) is 24.2 Å². The van der Waals surface area contributed by atoms with Crippen LogP contribution in [0.1, 0.15) is 37.6 Å². The molecule has 0 bridgehead atoms. The third-order valence-electron chi connectivity index (χ3n) is 5.14. The first-order valence-corrected chi connectivity index (χ1v) is 10.7. The molecule has 1 saturated heterocycles. The number of nitrogens with one attached hydrogen (secondary N) is 3. The van der Waals surface area contributed by atoms with E-state index in [1.165, 1.54) is 32.8 Å². The van der Waals surface area contributed by atoms with Gasteiger partial charge in [0.1, 0.15) is 23.9 Å². The van der Waals surface area contributed by atoms with E-state index in [0.29, 0.717) is 13.0 Å². The van der Waals surface area contributed by atoms with Crippen LogP contribution in [0.3, 0.4) is 0 Å². The van der Waals surface area contributed by atoms with Crippen molar-refractivity contribution >= 4 is 23.5 Å². The zero-order valence-corrected chi connectivity index (χ0v) is 19.6. The van der Waals surface area contributed by atoms with Crippen LogP contribution in [0.15, 0.2) is 23.0 Å². The second kappa shape index (κ2) is 11.9. The highest BCUT2D eigenvalue weighted by molar-refractivity contribution is 5.99. The Morgan fingerprint density at radius 3 is 2.00 bits per heavy atom. The second-order valence-corrected chi connectivity index (χ2v) is 8.58. The quantitative estimate of drug-likeness (QED) is 0.325. The molecule has 0 aromatic carbocycles. The average molecular weight is 468 g/mol. The van der Waals surface area contributed by atoms with Crippen molar-refractivity contribution in [2.45, 2.75) is 50.9 Å². The molecule has 1 fully saturated rings. The van der Waals surface area contributed by atoms with Gasteiger partial charge in [0.15, 0.2) is 5.78 Å². The summed E-state index contributed by atoms with van der Waals surface area (Å²) >= 11 is 0. The van der Waals surface area contributed by atoms with Crippen molar-refractivity contribution in [2.75, 3.05) is 34.0 Å². The maximum atomic E-state index is 13.0. The van der Waals surface area contributed by atoms with Crippen LogP contribution in [0.25, 0.3) is 0 Å². The Kier molecular flexibility index (Phi) is 9.56.